The van der Waals surface area contributed by atoms with Gasteiger partial charge in [-0.25, -0.2) is 0 Å². The molecule has 2 aliphatic heterocycles. The standard InChI is InChI=1S/C31H35F6N5O3/c1-21(39-45-15-12-40-10-13-44-14-11-40)19-41-8-9-42(24(20-41)16-22-18-38-28-5-3-2-4-25(22)28)29(43)26-7-6-23(30(32,33)34)17-27(26)31(35,36)37/h2-7,17-18,24,38H,8-16,19-20H2,1H3/t24-/m1/s1. The zero-order valence-electron chi connectivity index (χ0n) is 24.8. The molecule has 2 aliphatic rings. The van der Waals surface area contributed by atoms with Crippen molar-refractivity contribution in [2.24, 2.45) is 5.16 Å². The van der Waals surface area contributed by atoms with Gasteiger partial charge in [-0.2, -0.15) is 26.3 Å². The molecule has 0 saturated carbocycles. The van der Waals surface area contributed by atoms with Crippen LogP contribution in [-0.2, 0) is 28.3 Å². The Kier molecular flexibility index (Phi) is 10.0. The normalized spacial score (nSPS) is 19.3. The van der Waals surface area contributed by atoms with Gasteiger partial charge in [0.25, 0.3) is 5.91 Å². The van der Waals surface area contributed by atoms with Crippen LogP contribution >= 0.6 is 0 Å². The summed E-state index contributed by atoms with van der Waals surface area (Å²) in [5.41, 5.74) is -1.43. The number of hydrogen-bond acceptors (Lipinski definition) is 6. The Balaban J connectivity index is 1.34. The number of H-pyrrole nitrogens is 1. The summed E-state index contributed by atoms with van der Waals surface area (Å²) in [7, 11) is 0. The molecule has 1 amide bonds. The average molecular weight is 640 g/mol. The van der Waals surface area contributed by atoms with Crippen LogP contribution in [-0.4, -0.2) is 103 Å². The third-order valence-corrected chi connectivity index (χ3v) is 8.12. The number of hydrogen-bond donors (Lipinski definition) is 1. The van der Waals surface area contributed by atoms with E-state index in [0.717, 1.165) is 36.1 Å². The molecule has 0 bridgehead atoms. The second-order valence-corrected chi connectivity index (χ2v) is 11.3. The number of oxime groups is 1. The molecular formula is C31H35F6N5O3. The molecule has 244 valence electrons. The Hall–Kier alpha value is -3.62. The number of nitrogens with zero attached hydrogens (tertiary/aromatic N) is 4. The molecule has 0 unspecified atom stereocenters. The molecule has 0 radical (unpaired) electrons. The van der Waals surface area contributed by atoms with Crippen molar-refractivity contribution >= 4 is 22.5 Å². The second-order valence-electron chi connectivity index (χ2n) is 11.3. The second kappa shape index (κ2) is 13.8. The molecule has 2 fully saturated rings. The summed E-state index contributed by atoms with van der Waals surface area (Å²) in [6.07, 6.45) is -8.02. The van der Waals surface area contributed by atoms with Crippen molar-refractivity contribution in [3.8, 4) is 0 Å². The van der Waals surface area contributed by atoms with Gasteiger partial charge in [-0.1, -0.05) is 23.4 Å². The lowest BCUT2D eigenvalue weighted by molar-refractivity contribution is -0.143. The molecule has 8 nitrogen and oxygen atoms in total. The van der Waals surface area contributed by atoms with E-state index in [0.29, 0.717) is 63.7 Å². The van der Waals surface area contributed by atoms with Gasteiger partial charge in [-0.15, -0.1) is 0 Å². The van der Waals surface area contributed by atoms with Gasteiger partial charge in [-0.05, 0) is 43.2 Å². The maximum absolute atomic E-state index is 14.0. The zero-order valence-corrected chi connectivity index (χ0v) is 24.8. The van der Waals surface area contributed by atoms with Crippen molar-refractivity contribution in [3.05, 3.63) is 70.9 Å². The molecule has 1 N–H and O–H groups in total. The fraction of sp³-hybridized carbons (Fsp3) is 0.484. The number of para-hydroxylation sites is 1. The largest absolute Gasteiger partial charge is 0.417 e. The molecule has 5 rings (SSSR count). The summed E-state index contributed by atoms with van der Waals surface area (Å²) in [5, 5.41) is 5.14. The van der Waals surface area contributed by atoms with Crippen LogP contribution in [0.15, 0.2) is 53.8 Å². The third kappa shape index (κ3) is 8.16. The van der Waals surface area contributed by atoms with Crippen LogP contribution < -0.4 is 0 Å². The van der Waals surface area contributed by atoms with Crippen LogP contribution in [0.2, 0.25) is 0 Å². The Morgan fingerprint density at radius 1 is 1.00 bits per heavy atom. The lowest BCUT2D eigenvalue weighted by Gasteiger charge is -2.42. The number of aromatic amines is 1. The number of piperazine rings is 1. The average Bonchev–Trinajstić information content (AvgIpc) is 3.41. The number of nitrogens with one attached hydrogen (secondary N) is 1. The highest BCUT2D eigenvalue weighted by atomic mass is 19.4. The fourth-order valence-corrected chi connectivity index (χ4v) is 5.86. The van der Waals surface area contributed by atoms with Crippen molar-refractivity contribution < 1.29 is 40.7 Å². The summed E-state index contributed by atoms with van der Waals surface area (Å²) in [6.45, 7) is 7.14. The van der Waals surface area contributed by atoms with Crippen LogP contribution in [0.4, 0.5) is 26.3 Å². The first-order chi connectivity index (χ1) is 21.4. The number of alkyl halides is 6. The van der Waals surface area contributed by atoms with Crippen LogP contribution in [0.25, 0.3) is 10.9 Å². The quantitative estimate of drug-likeness (QED) is 0.149. The van der Waals surface area contributed by atoms with E-state index in [2.05, 4.69) is 15.0 Å². The van der Waals surface area contributed by atoms with Crippen molar-refractivity contribution in [2.45, 2.75) is 31.7 Å². The SMILES string of the molecule is CC(CN1CCN(C(=O)c2ccc(C(F)(F)F)cc2C(F)(F)F)[C@H](Cc2c[nH]c3ccccc23)C1)=NOCCN1CCOCC1. The van der Waals surface area contributed by atoms with Crippen molar-refractivity contribution in [3.63, 3.8) is 0 Å². The minimum absolute atomic E-state index is 0.0110. The monoisotopic (exact) mass is 639 g/mol. The topological polar surface area (TPSA) is 73.4 Å². The first kappa shape index (κ1) is 32.8. The number of rotatable bonds is 9. The zero-order chi connectivity index (χ0) is 32.2. The van der Waals surface area contributed by atoms with Crippen LogP contribution in [0, 0.1) is 0 Å². The van der Waals surface area contributed by atoms with E-state index >= 15 is 0 Å². The molecule has 14 heteroatoms. The van der Waals surface area contributed by atoms with Gasteiger partial charge >= 0.3 is 12.4 Å². The van der Waals surface area contributed by atoms with Crippen LogP contribution in [0.3, 0.4) is 0 Å². The molecule has 1 aromatic heterocycles. The minimum Gasteiger partial charge on any atom is -0.394 e. The van der Waals surface area contributed by atoms with E-state index in [4.69, 9.17) is 9.57 Å². The van der Waals surface area contributed by atoms with E-state index < -0.39 is 41.0 Å². The van der Waals surface area contributed by atoms with E-state index in [1.807, 2.05) is 36.1 Å². The Bertz CT molecular complexity index is 1500. The van der Waals surface area contributed by atoms with E-state index in [1.165, 1.54) is 4.90 Å². The molecule has 0 aliphatic carbocycles. The summed E-state index contributed by atoms with van der Waals surface area (Å²) in [4.78, 5) is 28.0. The number of carbonyl (C=O) groups excluding carboxylic acids is 1. The predicted octanol–water partition coefficient (Wildman–Crippen LogP) is 5.30. The molecule has 0 spiro atoms. The number of benzene rings is 2. The maximum Gasteiger partial charge on any atom is 0.417 e. The van der Waals surface area contributed by atoms with Gasteiger partial charge in [0.2, 0.25) is 0 Å². The highest BCUT2D eigenvalue weighted by Gasteiger charge is 2.41. The summed E-state index contributed by atoms with van der Waals surface area (Å²) >= 11 is 0. The van der Waals surface area contributed by atoms with E-state index in [1.54, 1.807) is 6.20 Å². The van der Waals surface area contributed by atoms with Gasteiger partial charge in [0, 0.05) is 69.0 Å². The van der Waals surface area contributed by atoms with Crippen LogP contribution in [0.5, 0.6) is 0 Å². The minimum atomic E-state index is -5.16. The highest BCUT2D eigenvalue weighted by molar-refractivity contribution is 5.96. The maximum atomic E-state index is 14.0. The highest BCUT2D eigenvalue weighted by Crippen LogP contribution is 2.38. The van der Waals surface area contributed by atoms with Crippen molar-refractivity contribution in [1.29, 1.82) is 0 Å². The lowest BCUT2D eigenvalue weighted by atomic mass is 9.97. The van der Waals surface area contributed by atoms with Crippen molar-refractivity contribution in [1.82, 2.24) is 19.7 Å². The molecule has 45 heavy (non-hydrogen) atoms. The first-order valence-corrected chi connectivity index (χ1v) is 14.7. The number of halogens is 6. The van der Waals surface area contributed by atoms with Gasteiger partial charge in [-0.3, -0.25) is 14.6 Å². The third-order valence-electron chi connectivity index (χ3n) is 8.12. The lowest BCUT2D eigenvalue weighted by Crippen LogP contribution is -2.56. The summed E-state index contributed by atoms with van der Waals surface area (Å²) in [5.74, 6) is -0.961. The number of ether oxygens (including phenoxy) is 1. The smallest absolute Gasteiger partial charge is 0.394 e. The predicted molar refractivity (Wildman–Crippen MR) is 156 cm³/mol. The van der Waals surface area contributed by atoms with E-state index in [-0.39, 0.29) is 12.6 Å². The summed E-state index contributed by atoms with van der Waals surface area (Å²) < 4.78 is 87.1. The number of fused-ring (bicyclic) bond motifs is 1. The number of aromatic nitrogens is 1. The number of morpholine rings is 1. The molecule has 3 aromatic rings. The van der Waals surface area contributed by atoms with Gasteiger partial charge in [0.05, 0.1) is 35.6 Å². The summed E-state index contributed by atoms with van der Waals surface area (Å²) in [6, 6.07) is 8.14. The van der Waals surface area contributed by atoms with Crippen molar-refractivity contribution in [2.75, 3.05) is 65.6 Å². The molecule has 2 saturated heterocycles. The molecule has 1 atom stereocenters. The Morgan fingerprint density at radius 3 is 2.49 bits per heavy atom. The van der Waals surface area contributed by atoms with Gasteiger partial charge < -0.3 is 19.5 Å². The Morgan fingerprint density at radius 2 is 1.76 bits per heavy atom. The van der Waals surface area contributed by atoms with Crippen LogP contribution in [0.1, 0.15) is 34.0 Å². The number of carbonyl (C=O) groups is 1. The molecule has 3 heterocycles. The van der Waals surface area contributed by atoms with Gasteiger partial charge in [0.15, 0.2) is 0 Å². The van der Waals surface area contributed by atoms with Gasteiger partial charge in [0.1, 0.15) is 6.61 Å². The first-order valence-electron chi connectivity index (χ1n) is 14.7. The fourth-order valence-electron chi connectivity index (χ4n) is 5.86. The van der Waals surface area contributed by atoms with E-state index in [9.17, 15) is 31.1 Å². The molecular weight excluding hydrogens is 604 g/mol. The Labute approximate surface area is 256 Å². The number of amides is 1. The molecule has 2 aromatic carbocycles.